The zero-order chi connectivity index (χ0) is 19.1. The fourth-order valence-corrected chi connectivity index (χ4v) is 2.17. The van der Waals surface area contributed by atoms with Crippen LogP contribution in [-0.4, -0.2) is 26.2 Å². The quantitative estimate of drug-likeness (QED) is 0.231. The highest BCUT2D eigenvalue weighted by atomic mass is 32.1. The maximum atomic E-state index is 11.8. The van der Waals surface area contributed by atoms with E-state index in [0.29, 0.717) is 17.7 Å². The largest absolute Gasteiger partial charge is 0.504 e. The van der Waals surface area contributed by atoms with E-state index in [0.717, 1.165) is 0 Å². The Hall–Kier alpha value is -3.40. The second-order valence-electron chi connectivity index (χ2n) is 5.25. The number of nitro groups is 1. The number of nitrogens with zero attached hydrogens (tertiary/aromatic N) is 1. The molecule has 5 N–H and O–H groups in total. The molecule has 0 aliphatic heterocycles. The van der Waals surface area contributed by atoms with E-state index in [9.17, 15) is 25.1 Å². The minimum Gasteiger partial charge on any atom is -0.504 e. The van der Waals surface area contributed by atoms with Crippen LogP contribution >= 0.6 is 12.2 Å². The molecule has 0 aliphatic rings. The number of amides is 1. The molecule has 0 bridgehead atoms. The van der Waals surface area contributed by atoms with Crippen LogP contribution in [0.15, 0.2) is 42.5 Å². The molecule has 0 radical (unpaired) electrons. The Morgan fingerprint density at radius 2 is 1.77 bits per heavy atom. The number of phenols is 2. The van der Waals surface area contributed by atoms with Gasteiger partial charge in [0.05, 0.1) is 4.92 Å². The fourth-order valence-electron chi connectivity index (χ4n) is 2.00. The maximum Gasteiger partial charge on any atom is 0.269 e. The van der Waals surface area contributed by atoms with Crippen LogP contribution < -0.4 is 16.2 Å². The van der Waals surface area contributed by atoms with E-state index < -0.39 is 4.92 Å². The van der Waals surface area contributed by atoms with Gasteiger partial charge in [0.2, 0.25) is 5.91 Å². The molecule has 0 fully saturated rings. The average molecular weight is 376 g/mol. The summed E-state index contributed by atoms with van der Waals surface area (Å²) >= 11 is 5.02. The number of anilines is 1. The van der Waals surface area contributed by atoms with Crippen LogP contribution in [0.2, 0.25) is 0 Å². The Bertz CT molecular complexity index is 826. The Balaban J connectivity index is 1.74. The summed E-state index contributed by atoms with van der Waals surface area (Å²) < 4.78 is 0. The molecule has 0 unspecified atom stereocenters. The molecule has 26 heavy (non-hydrogen) atoms. The maximum absolute atomic E-state index is 11.8. The summed E-state index contributed by atoms with van der Waals surface area (Å²) in [6.07, 6.45) is 0.501. The minimum absolute atomic E-state index is 0.0389. The topological polar surface area (TPSA) is 137 Å². The smallest absolute Gasteiger partial charge is 0.269 e. The molecule has 9 nitrogen and oxygen atoms in total. The number of rotatable bonds is 5. The van der Waals surface area contributed by atoms with Crippen molar-refractivity contribution >= 4 is 34.6 Å². The summed E-state index contributed by atoms with van der Waals surface area (Å²) in [5.74, 6) is -0.789. The first-order valence-corrected chi connectivity index (χ1v) is 7.87. The number of benzene rings is 2. The van der Waals surface area contributed by atoms with Crippen LogP contribution in [0.1, 0.15) is 12.0 Å². The molecule has 2 rings (SSSR count). The number of phenolic OH excluding ortho intramolecular Hbond substituents is 2. The summed E-state index contributed by atoms with van der Waals surface area (Å²) in [6, 6.07) is 9.99. The Morgan fingerprint density at radius 1 is 1.08 bits per heavy atom. The molecule has 0 spiro atoms. The number of hydrogen-bond donors (Lipinski definition) is 5. The van der Waals surface area contributed by atoms with E-state index in [2.05, 4.69) is 16.2 Å². The van der Waals surface area contributed by atoms with Crippen molar-refractivity contribution in [2.45, 2.75) is 12.8 Å². The molecule has 10 heteroatoms. The van der Waals surface area contributed by atoms with Crippen LogP contribution in [0.4, 0.5) is 11.4 Å². The second-order valence-corrected chi connectivity index (χ2v) is 5.66. The number of aromatic hydroxyl groups is 2. The Morgan fingerprint density at radius 3 is 2.38 bits per heavy atom. The molecule has 2 aromatic rings. The molecule has 2 aromatic carbocycles. The summed E-state index contributed by atoms with van der Waals surface area (Å²) in [5, 5.41) is 32.1. The van der Waals surface area contributed by atoms with Crippen molar-refractivity contribution < 1.29 is 19.9 Å². The second kappa shape index (κ2) is 8.62. The number of carbonyl (C=O) groups excluding carboxylic acids is 1. The van der Waals surface area contributed by atoms with E-state index in [1.807, 2.05) is 0 Å². The normalized spacial score (nSPS) is 10.0. The van der Waals surface area contributed by atoms with Crippen LogP contribution in [0, 0.1) is 10.1 Å². The average Bonchev–Trinajstić information content (AvgIpc) is 2.61. The molecular formula is C16H16N4O5S. The van der Waals surface area contributed by atoms with Gasteiger partial charge in [-0.25, -0.2) is 0 Å². The molecule has 0 heterocycles. The lowest BCUT2D eigenvalue weighted by atomic mass is 10.1. The van der Waals surface area contributed by atoms with Crippen molar-refractivity contribution in [1.82, 2.24) is 10.9 Å². The number of thiocarbonyl (C=S) groups is 1. The molecule has 0 aromatic heterocycles. The lowest BCUT2D eigenvalue weighted by Crippen LogP contribution is -2.43. The molecule has 136 valence electrons. The Labute approximate surface area is 153 Å². The number of hydrogen-bond acceptors (Lipinski definition) is 6. The molecule has 0 atom stereocenters. The lowest BCUT2D eigenvalue weighted by molar-refractivity contribution is -0.384. The van der Waals surface area contributed by atoms with Crippen molar-refractivity contribution in [1.29, 1.82) is 0 Å². The summed E-state index contributed by atoms with van der Waals surface area (Å²) in [5.41, 5.74) is 6.13. The summed E-state index contributed by atoms with van der Waals surface area (Å²) in [7, 11) is 0. The number of aryl methyl sites for hydroxylation is 1. The third-order valence-corrected chi connectivity index (χ3v) is 3.54. The van der Waals surface area contributed by atoms with E-state index in [1.165, 1.54) is 36.4 Å². The molecular weight excluding hydrogens is 360 g/mol. The van der Waals surface area contributed by atoms with Crippen molar-refractivity contribution in [2.75, 3.05) is 5.32 Å². The van der Waals surface area contributed by atoms with Gasteiger partial charge in [-0.2, -0.15) is 0 Å². The van der Waals surface area contributed by atoms with E-state index in [-0.39, 0.29) is 34.6 Å². The van der Waals surface area contributed by atoms with Gasteiger partial charge in [-0.15, -0.1) is 0 Å². The zero-order valence-electron chi connectivity index (χ0n) is 13.4. The number of nitro benzene ring substituents is 1. The monoisotopic (exact) mass is 376 g/mol. The number of non-ortho nitro benzene ring substituents is 1. The van der Waals surface area contributed by atoms with Gasteiger partial charge in [0, 0.05) is 24.2 Å². The van der Waals surface area contributed by atoms with Gasteiger partial charge in [0.1, 0.15) is 0 Å². The first-order valence-electron chi connectivity index (χ1n) is 7.46. The van der Waals surface area contributed by atoms with Crippen LogP contribution in [-0.2, 0) is 11.2 Å². The van der Waals surface area contributed by atoms with Gasteiger partial charge in [0.25, 0.3) is 5.69 Å². The number of hydrazine groups is 1. The summed E-state index contributed by atoms with van der Waals surface area (Å²) in [6.45, 7) is 0. The van der Waals surface area contributed by atoms with Gasteiger partial charge in [0.15, 0.2) is 16.6 Å². The third-order valence-electron chi connectivity index (χ3n) is 3.33. The number of carbonyl (C=O) groups is 1. The van der Waals surface area contributed by atoms with Crippen molar-refractivity contribution in [3.63, 3.8) is 0 Å². The molecule has 0 saturated heterocycles. The van der Waals surface area contributed by atoms with Crippen molar-refractivity contribution in [3.05, 3.63) is 58.1 Å². The van der Waals surface area contributed by atoms with Gasteiger partial charge in [-0.05, 0) is 48.5 Å². The number of nitrogens with one attached hydrogen (secondary N) is 3. The predicted molar refractivity (Wildman–Crippen MR) is 98.7 cm³/mol. The highest BCUT2D eigenvalue weighted by molar-refractivity contribution is 7.80. The molecule has 1 amide bonds. The van der Waals surface area contributed by atoms with Crippen LogP contribution in [0.25, 0.3) is 0 Å². The third kappa shape index (κ3) is 5.60. The van der Waals surface area contributed by atoms with E-state index in [4.69, 9.17) is 12.2 Å². The van der Waals surface area contributed by atoms with Crippen molar-refractivity contribution in [2.24, 2.45) is 0 Å². The van der Waals surface area contributed by atoms with E-state index in [1.54, 1.807) is 6.07 Å². The molecule has 0 saturated carbocycles. The molecule has 0 aliphatic carbocycles. The minimum atomic E-state index is -0.506. The zero-order valence-corrected chi connectivity index (χ0v) is 14.2. The SMILES string of the molecule is O=C(CCc1ccc(O)c(O)c1)NNC(=S)Nc1ccc([N+](=O)[O-])cc1. The standard InChI is InChI=1S/C16H16N4O5S/c21-13-7-1-10(9-14(13)22)2-8-15(23)18-19-16(26)17-11-3-5-12(6-4-11)20(24)25/h1,3-7,9,21-22H,2,8H2,(H,18,23)(H2,17,19,26). The van der Waals surface area contributed by atoms with E-state index >= 15 is 0 Å². The predicted octanol–water partition coefficient (Wildman–Crippen LogP) is 1.96. The van der Waals surface area contributed by atoms with Gasteiger partial charge >= 0.3 is 0 Å². The van der Waals surface area contributed by atoms with Gasteiger partial charge < -0.3 is 15.5 Å². The van der Waals surface area contributed by atoms with Crippen LogP contribution in [0.5, 0.6) is 11.5 Å². The van der Waals surface area contributed by atoms with Gasteiger partial charge in [-0.1, -0.05) is 6.07 Å². The highest BCUT2D eigenvalue weighted by Crippen LogP contribution is 2.25. The Kier molecular flexibility index (Phi) is 6.28. The fraction of sp³-hybridized carbons (Fsp3) is 0.125. The first-order chi connectivity index (χ1) is 12.3. The van der Waals surface area contributed by atoms with Crippen LogP contribution in [0.3, 0.4) is 0 Å². The first kappa shape index (κ1) is 18.9. The highest BCUT2D eigenvalue weighted by Gasteiger charge is 2.07. The van der Waals surface area contributed by atoms with Crippen molar-refractivity contribution in [3.8, 4) is 11.5 Å². The summed E-state index contributed by atoms with van der Waals surface area (Å²) in [4.78, 5) is 21.9. The lowest BCUT2D eigenvalue weighted by Gasteiger charge is -2.11. The van der Waals surface area contributed by atoms with Gasteiger partial charge in [-0.3, -0.25) is 25.8 Å².